The van der Waals surface area contributed by atoms with Gasteiger partial charge in [0.2, 0.25) is 5.91 Å². The molecule has 3 rings (SSSR count). The maximum absolute atomic E-state index is 13.5. The average molecular weight is 485 g/mol. The molecule has 0 saturated carbocycles. The minimum Gasteiger partial charge on any atom is -0.383 e. The Bertz CT molecular complexity index is 1160. The van der Waals surface area contributed by atoms with Crippen molar-refractivity contribution in [2.24, 2.45) is 11.8 Å². The lowest BCUT2D eigenvalue weighted by molar-refractivity contribution is -0.120. The van der Waals surface area contributed by atoms with Gasteiger partial charge in [0.15, 0.2) is 5.69 Å². The number of anilines is 3. The molecule has 1 amide bonds. The van der Waals surface area contributed by atoms with Crippen molar-refractivity contribution < 1.29 is 4.79 Å². The highest BCUT2D eigenvalue weighted by molar-refractivity contribution is 5.96. The number of hydrogen-bond acceptors (Lipinski definition) is 6. The van der Waals surface area contributed by atoms with Crippen molar-refractivity contribution in [3.8, 4) is 0 Å². The van der Waals surface area contributed by atoms with E-state index in [1.165, 1.54) is 26.3 Å². The highest BCUT2D eigenvalue weighted by atomic mass is 16.2. The quantitative estimate of drug-likeness (QED) is 0.595. The summed E-state index contributed by atoms with van der Waals surface area (Å²) in [6.07, 6.45) is 0. The Kier molecular flexibility index (Phi) is 8.43. The molecule has 2 heterocycles. The molecule has 0 unspecified atom stereocenters. The number of aryl methyl sites for hydroxylation is 1. The largest absolute Gasteiger partial charge is 0.383 e. The molecule has 1 aliphatic heterocycles. The van der Waals surface area contributed by atoms with E-state index in [0.717, 1.165) is 26.2 Å². The second kappa shape index (κ2) is 11.1. The van der Waals surface area contributed by atoms with Crippen LogP contribution in [0.15, 0.2) is 27.8 Å². The molecule has 3 N–H and O–H groups in total. The first-order valence-electron chi connectivity index (χ1n) is 12.5. The summed E-state index contributed by atoms with van der Waals surface area (Å²) < 4.78 is 1.35. The Balaban J connectivity index is 1.79. The molecule has 2 aromatic rings. The number of benzene rings is 1. The summed E-state index contributed by atoms with van der Waals surface area (Å²) >= 11 is 0. The van der Waals surface area contributed by atoms with Crippen LogP contribution >= 0.6 is 0 Å². The highest BCUT2D eigenvalue weighted by Crippen LogP contribution is 2.24. The first-order valence-corrected chi connectivity index (χ1v) is 12.5. The van der Waals surface area contributed by atoms with Gasteiger partial charge in [-0.05, 0) is 42.9 Å². The predicted octanol–water partition coefficient (Wildman–Crippen LogP) is 2.20. The van der Waals surface area contributed by atoms with Crippen LogP contribution in [0.3, 0.4) is 0 Å². The number of aromatic nitrogens is 2. The van der Waals surface area contributed by atoms with Gasteiger partial charge < -0.3 is 15.5 Å². The maximum Gasteiger partial charge on any atom is 0.330 e. The third kappa shape index (κ3) is 6.14. The van der Waals surface area contributed by atoms with Crippen LogP contribution in [0.5, 0.6) is 0 Å². The van der Waals surface area contributed by atoms with Gasteiger partial charge >= 0.3 is 5.69 Å². The van der Waals surface area contributed by atoms with Crippen molar-refractivity contribution in [3.05, 3.63) is 50.2 Å². The van der Waals surface area contributed by atoms with Gasteiger partial charge in [0.05, 0.1) is 6.54 Å². The number of piperazine rings is 1. The summed E-state index contributed by atoms with van der Waals surface area (Å²) in [5.41, 5.74) is 9.00. The molecular weight excluding hydrogens is 444 g/mol. The van der Waals surface area contributed by atoms with Crippen LogP contribution in [0.4, 0.5) is 17.2 Å². The summed E-state index contributed by atoms with van der Waals surface area (Å²) in [6, 6.07) is 6.35. The lowest BCUT2D eigenvalue weighted by atomic mass is 10.1. The molecular formula is C26H40N6O3. The van der Waals surface area contributed by atoms with Crippen LogP contribution in [0.2, 0.25) is 0 Å². The lowest BCUT2D eigenvalue weighted by Gasteiger charge is -2.37. The summed E-state index contributed by atoms with van der Waals surface area (Å²) in [5.74, 6) is 0.118. The number of rotatable bonds is 8. The van der Waals surface area contributed by atoms with Gasteiger partial charge in [0, 0.05) is 45.0 Å². The molecule has 1 aliphatic rings. The van der Waals surface area contributed by atoms with Crippen LogP contribution in [-0.2, 0) is 11.3 Å². The smallest absolute Gasteiger partial charge is 0.330 e. The van der Waals surface area contributed by atoms with E-state index in [-0.39, 0.29) is 35.8 Å². The minimum atomic E-state index is -0.624. The van der Waals surface area contributed by atoms with Gasteiger partial charge in [-0.2, -0.15) is 0 Å². The van der Waals surface area contributed by atoms with Crippen LogP contribution in [0, 0.1) is 25.7 Å². The number of nitrogen functional groups attached to an aromatic ring is 1. The fraction of sp³-hybridized carbons (Fsp3) is 0.577. The molecule has 0 radical (unpaired) electrons. The van der Waals surface area contributed by atoms with Crippen LogP contribution < -0.4 is 26.8 Å². The molecule has 192 valence electrons. The van der Waals surface area contributed by atoms with E-state index in [0.29, 0.717) is 13.1 Å². The molecule has 35 heavy (non-hydrogen) atoms. The molecule has 1 saturated heterocycles. The molecule has 9 heteroatoms. The van der Waals surface area contributed by atoms with Gasteiger partial charge in [0.25, 0.3) is 5.56 Å². The third-order valence-corrected chi connectivity index (χ3v) is 6.53. The Labute approximate surface area is 207 Å². The molecule has 0 bridgehead atoms. The second-order valence-corrected chi connectivity index (χ2v) is 10.4. The maximum atomic E-state index is 13.5. The normalized spacial score (nSPS) is 14.7. The minimum absolute atomic E-state index is 0.0428. The van der Waals surface area contributed by atoms with E-state index in [9.17, 15) is 14.4 Å². The summed E-state index contributed by atoms with van der Waals surface area (Å²) in [6.45, 7) is 16.2. The third-order valence-electron chi connectivity index (χ3n) is 6.53. The lowest BCUT2D eigenvalue weighted by Crippen LogP contribution is -2.52. The standard InChI is InChI=1S/C26H40N6O3/c1-17(2)14-31(23-24(27)32(15-18(3)4)26(35)28-25(23)34)22(33)16-29-10-12-30(13-11-29)21-9-7-8-19(5)20(21)6/h7-9,17-18H,10-16,27H2,1-6H3,(H,28,34,35). The van der Waals surface area contributed by atoms with E-state index in [4.69, 9.17) is 5.73 Å². The number of carbonyl (C=O) groups is 1. The van der Waals surface area contributed by atoms with E-state index in [2.05, 4.69) is 46.8 Å². The molecule has 0 spiro atoms. The van der Waals surface area contributed by atoms with Crippen molar-refractivity contribution in [2.45, 2.75) is 48.1 Å². The molecule has 9 nitrogen and oxygen atoms in total. The molecule has 0 aliphatic carbocycles. The molecule has 1 aromatic carbocycles. The van der Waals surface area contributed by atoms with Crippen LogP contribution in [-0.4, -0.2) is 59.6 Å². The van der Waals surface area contributed by atoms with Gasteiger partial charge in [-0.15, -0.1) is 0 Å². The molecule has 1 aromatic heterocycles. The zero-order valence-electron chi connectivity index (χ0n) is 21.9. The molecule has 1 fully saturated rings. The summed E-state index contributed by atoms with van der Waals surface area (Å²) in [5, 5.41) is 0. The first kappa shape index (κ1) is 26.5. The first-order chi connectivity index (χ1) is 16.5. The zero-order chi connectivity index (χ0) is 25.9. The van der Waals surface area contributed by atoms with Gasteiger partial charge in [-0.25, -0.2) is 4.79 Å². The van der Waals surface area contributed by atoms with Crippen molar-refractivity contribution in [3.63, 3.8) is 0 Å². The Morgan fingerprint density at radius 2 is 1.71 bits per heavy atom. The molecule has 0 atom stereocenters. The van der Waals surface area contributed by atoms with Crippen molar-refractivity contribution in [1.82, 2.24) is 14.5 Å². The fourth-order valence-electron chi connectivity index (χ4n) is 4.57. The Morgan fingerprint density at radius 1 is 1.06 bits per heavy atom. The number of nitrogens with zero attached hydrogens (tertiary/aromatic N) is 4. The van der Waals surface area contributed by atoms with Crippen LogP contribution in [0.1, 0.15) is 38.8 Å². The van der Waals surface area contributed by atoms with E-state index < -0.39 is 11.2 Å². The number of nitrogens with two attached hydrogens (primary N) is 1. The monoisotopic (exact) mass is 484 g/mol. The Hall–Kier alpha value is -3.07. The van der Waals surface area contributed by atoms with Crippen molar-refractivity contribution >= 4 is 23.1 Å². The predicted molar refractivity (Wildman–Crippen MR) is 142 cm³/mol. The summed E-state index contributed by atoms with van der Waals surface area (Å²) in [4.78, 5) is 47.0. The van der Waals surface area contributed by atoms with Crippen molar-refractivity contribution in [2.75, 3.05) is 54.8 Å². The number of H-pyrrole nitrogens is 1. The number of nitrogens with one attached hydrogen (secondary N) is 1. The van der Waals surface area contributed by atoms with Crippen LogP contribution in [0.25, 0.3) is 0 Å². The SMILES string of the molecule is Cc1cccc(N2CCN(CC(=O)N(CC(C)C)c3c(N)n(CC(C)C)c(=O)[nH]c3=O)CC2)c1C. The Morgan fingerprint density at radius 3 is 2.31 bits per heavy atom. The van der Waals surface area contributed by atoms with Crippen molar-refractivity contribution in [1.29, 1.82) is 0 Å². The summed E-state index contributed by atoms with van der Waals surface area (Å²) in [7, 11) is 0. The fourth-order valence-corrected chi connectivity index (χ4v) is 4.57. The van der Waals surface area contributed by atoms with E-state index in [1.54, 1.807) is 0 Å². The second-order valence-electron chi connectivity index (χ2n) is 10.4. The average Bonchev–Trinajstić information content (AvgIpc) is 2.78. The topological polar surface area (TPSA) is 108 Å². The number of aromatic amines is 1. The van der Waals surface area contributed by atoms with Gasteiger partial charge in [-0.3, -0.25) is 24.0 Å². The van der Waals surface area contributed by atoms with Gasteiger partial charge in [-0.1, -0.05) is 39.8 Å². The number of hydrogen-bond donors (Lipinski definition) is 2. The van der Waals surface area contributed by atoms with Gasteiger partial charge in [0.1, 0.15) is 5.82 Å². The number of amides is 1. The van der Waals surface area contributed by atoms with E-state index >= 15 is 0 Å². The highest BCUT2D eigenvalue weighted by Gasteiger charge is 2.28. The number of carbonyl (C=O) groups excluding carboxylic acids is 1. The van der Waals surface area contributed by atoms with E-state index in [1.807, 2.05) is 27.7 Å². The zero-order valence-corrected chi connectivity index (χ0v) is 21.9.